The van der Waals surface area contributed by atoms with Crippen LogP contribution in [0, 0.1) is 0 Å². The first kappa shape index (κ1) is 27.5. The molecule has 0 N–H and O–H groups in total. The van der Waals surface area contributed by atoms with Crippen LogP contribution in [0.4, 0.5) is 16.2 Å². The number of nitrogens with zero attached hydrogens (tertiary/aromatic N) is 4. The molecule has 0 spiro atoms. The minimum Gasteiger partial charge on any atom is -0.443 e. The highest BCUT2D eigenvalue weighted by Crippen LogP contribution is 2.38. The van der Waals surface area contributed by atoms with Crippen LogP contribution in [0.15, 0.2) is 73.1 Å². The van der Waals surface area contributed by atoms with Gasteiger partial charge in [0.05, 0.1) is 41.1 Å². The van der Waals surface area contributed by atoms with Gasteiger partial charge >= 0.3 is 6.09 Å². The van der Waals surface area contributed by atoms with Crippen molar-refractivity contribution in [3.63, 3.8) is 0 Å². The van der Waals surface area contributed by atoms with Crippen LogP contribution in [-0.2, 0) is 15.8 Å². The standard InChI is InChI=1S/C30H38N4O3Si/c1-29(2,3)37-28(35)33(24-19-22-13-9-10-14-25(22)31-20-24)26-15-11-12-16-27(26)34-23(17-18-32-34)21-36-38(7,8)30(4,5)6/h9-20H,21H2,1-8H3. The number of ether oxygens (including phenoxy) is 1. The number of hydrogen-bond donors (Lipinski definition) is 0. The number of carbonyl (C=O) groups is 1. The zero-order valence-electron chi connectivity index (χ0n) is 23.6. The quantitative estimate of drug-likeness (QED) is 0.236. The van der Waals surface area contributed by atoms with Crippen molar-refractivity contribution < 1.29 is 14.0 Å². The van der Waals surface area contributed by atoms with Crippen molar-refractivity contribution in [2.45, 2.75) is 71.9 Å². The molecule has 2 aromatic heterocycles. The Balaban J connectivity index is 1.80. The zero-order chi connectivity index (χ0) is 27.7. The van der Waals surface area contributed by atoms with Gasteiger partial charge in [0.2, 0.25) is 0 Å². The van der Waals surface area contributed by atoms with E-state index in [0.29, 0.717) is 18.0 Å². The van der Waals surface area contributed by atoms with E-state index in [2.05, 4.69) is 43.9 Å². The summed E-state index contributed by atoms with van der Waals surface area (Å²) < 4.78 is 14.2. The molecule has 0 bridgehead atoms. The number of benzene rings is 2. The van der Waals surface area contributed by atoms with E-state index < -0.39 is 20.0 Å². The molecule has 2 aromatic carbocycles. The molecule has 38 heavy (non-hydrogen) atoms. The maximum atomic E-state index is 13.7. The molecule has 0 unspecified atom stereocenters. The second kappa shape index (κ2) is 10.3. The van der Waals surface area contributed by atoms with Crippen LogP contribution in [0.1, 0.15) is 47.2 Å². The Morgan fingerprint density at radius 3 is 2.37 bits per heavy atom. The Kier molecular flexibility index (Phi) is 7.50. The summed E-state index contributed by atoms with van der Waals surface area (Å²) in [5, 5.41) is 5.65. The van der Waals surface area contributed by atoms with E-state index in [1.54, 1.807) is 17.3 Å². The summed E-state index contributed by atoms with van der Waals surface area (Å²) in [7, 11) is -1.98. The highest BCUT2D eigenvalue weighted by Gasteiger charge is 2.37. The average Bonchev–Trinajstić information content (AvgIpc) is 3.30. The van der Waals surface area contributed by atoms with Crippen molar-refractivity contribution in [2.75, 3.05) is 4.90 Å². The van der Waals surface area contributed by atoms with Gasteiger partial charge in [-0.15, -0.1) is 0 Å². The molecule has 0 saturated heterocycles. The van der Waals surface area contributed by atoms with Gasteiger partial charge in [0.1, 0.15) is 5.60 Å². The lowest BCUT2D eigenvalue weighted by atomic mass is 10.1. The molecule has 0 aliphatic heterocycles. The molecule has 8 heteroatoms. The summed E-state index contributed by atoms with van der Waals surface area (Å²) in [5.41, 5.74) is 3.06. The summed E-state index contributed by atoms with van der Waals surface area (Å²) in [4.78, 5) is 19.9. The van der Waals surface area contributed by atoms with Gasteiger partial charge in [0, 0.05) is 11.6 Å². The SMILES string of the molecule is CC(C)(C)OC(=O)N(c1cnc2ccccc2c1)c1ccccc1-n1nccc1CO[Si](C)(C)C(C)(C)C. The molecule has 4 rings (SSSR count). The Morgan fingerprint density at radius 1 is 0.974 bits per heavy atom. The van der Waals surface area contributed by atoms with E-state index in [4.69, 9.17) is 9.16 Å². The molecular formula is C30H38N4O3Si. The van der Waals surface area contributed by atoms with Crippen LogP contribution in [-0.4, -0.2) is 34.8 Å². The lowest BCUT2D eigenvalue weighted by Crippen LogP contribution is -2.40. The van der Waals surface area contributed by atoms with E-state index in [9.17, 15) is 4.79 Å². The highest BCUT2D eigenvalue weighted by atomic mass is 28.4. The predicted molar refractivity (Wildman–Crippen MR) is 156 cm³/mol. The number of pyridine rings is 1. The first-order valence-electron chi connectivity index (χ1n) is 12.9. The maximum absolute atomic E-state index is 13.7. The van der Waals surface area contributed by atoms with Gasteiger partial charge in [-0.1, -0.05) is 51.1 Å². The molecule has 0 aliphatic carbocycles. The second-order valence-corrected chi connectivity index (χ2v) is 16.8. The number of aromatic nitrogens is 3. The third kappa shape index (κ3) is 5.97. The molecule has 0 atom stereocenters. The van der Waals surface area contributed by atoms with Crippen LogP contribution in [0.3, 0.4) is 0 Å². The van der Waals surface area contributed by atoms with E-state index in [0.717, 1.165) is 22.3 Å². The second-order valence-electron chi connectivity index (χ2n) is 12.0. The van der Waals surface area contributed by atoms with Crippen LogP contribution < -0.4 is 4.90 Å². The number of hydrogen-bond acceptors (Lipinski definition) is 5. The third-order valence-corrected chi connectivity index (χ3v) is 11.3. The molecule has 0 fully saturated rings. The van der Waals surface area contributed by atoms with Crippen molar-refractivity contribution in [3.05, 3.63) is 78.8 Å². The highest BCUT2D eigenvalue weighted by molar-refractivity contribution is 6.74. The number of fused-ring (bicyclic) bond motifs is 1. The minimum atomic E-state index is -1.98. The Labute approximate surface area is 226 Å². The number of carbonyl (C=O) groups excluding carboxylic acids is 1. The molecule has 200 valence electrons. The van der Waals surface area contributed by atoms with E-state index in [1.807, 2.05) is 86.1 Å². The Morgan fingerprint density at radius 2 is 1.66 bits per heavy atom. The molecule has 7 nitrogen and oxygen atoms in total. The predicted octanol–water partition coefficient (Wildman–Crippen LogP) is 8.02. The van der Waals surface area contributed by atoms with Crippen molar-refractivity contribution in [3.8, 4) is 5.69 Å². The normalized spacial score (nSPS) is 12.5. The van der Waals surface area contributed by atoms with Gasteiger partial charge in [-0.2, -0.15) is 5.10 Å². The fraction of sp³-hybridized carbons (Fsp3) is 0.367. The van der Waals surface area contributed by atoms with Crippen LogP contribution >= 0.6 is 0 Å². The van der Waals surface area contributed by atoms with Gasteiger partial charge in [-0.3, -0.25) is 4.98 Å². The topological polar surface area (TPSA) is 69.5 Å². The summed E-state index contributed by atoms with van der Waals surface area (Å²) in [5.74, 6) is 0. The Bertz CT molecular complexity index is 1430. The summed E-state index contributed by atoms with van der Waals surface area (Å²) >= 11 is 0. The van der Waals surface area contributed by atoms with Gasteiger partial charge < -0.3 is 9.16 Å². The number of anilines is 2. The lowest BCUT2D eigenvalue weighted by molar-refractivity contribution is 0.0599. The molecular weight excluding hydrogens is 492 g/mol. The monoisotopic (exact) mass is 530 g/mol. The zero-order valence-corrected chi connectivity index (χ0v) is 24.6. The fourth-order valence-corrected chi connectivity index (χ4v) is 4.73. The number of para-hydroxylation sites is 3. The summed E-state index contributed by atoms with van der Waals surface area (Å²) in [6.07, 6.45) is 2.97. The molecule has 0 aliphatic rings. The Hall–Kier alpha value is -3.49. The van der Waals surface area contributed by atoms with Gasteiger partial charge in [-0.05, 0) is 69.2 Å². The molecule has 0 saturated carbocycles. The average molecular weight is 531 g/mol. The largest absolute Gasteiger partial charge is 0.443 e. The van der Waals surface area contributed by atoms with Gasteiger partial charge in [-0.25, -0.2) is 14.4 Å². The van der Waals surface area contributed by atoms with Crippen molar-refractivity contribution in [2.24, 2.45) is 0 Å². The first-order chi connectivity index (χ1) is 17.8. The number of rotatable bonds is 6. The summed E-state index contributed by atoms with van der Waals surface area (Å²) in [6.45, 7) is 17.1. The minimum absolute atomic E-state index is 0.0896. The molecule has 2 heterocycles. The molecule has 0 radical (unpaired) electrons. The first-order valence-corrected chi connectivity index (χ1v) is 15.8. The van der Waals surface area contributed by atoms with Gasteiger partial charge in [0.15, 0.2) is 8.32 Å². The fourth-order valence-electron chi connectivity index (χ4n) is 3.79. The van der Waals surface area contributed by atoms with E-state index in [-0.39, 0.29) is 5.04 Å². The smallest absolute Gasteiger partial charge is 0.419 e. The number of amides is 1. The van der Waals surface area contributed by atoms with Crippen molar-refractivity contribution in [1.29, 1.82) is 0 Å². The van der Waals surface area contributed by atoms with Gasteiger partial charge in [0.25, 0.3) is 0 Å². The maximum Gasteiger partial charge on any atom is 0.419 e. The molecule has 1 amide bonds. The lowest BCUT2D eigenvalue weighted by Gasteiger charge is -2.36. The van der Waals surface area contributed by atoms with Crippen molar-refractivity contribution >= 4 is 36.7 Å². The van der Waals surface area contributed by atoms with E-state index in [1.165, 1.54) is 0 Å². The van der Waals surface area contributed by atoms with Crippen LogP contribution in [0.25, 0.3) is 16.6 Å². The van der Waals surface area contributed by atoms with Crippen LogP contribution in [0.2, 0.25) is 18.1 Å². The van der Waals surface area contributed by atoms with Crippen LogP contribution in [0.5, 0.6) is 0 Å². The summed E-state index contributed by atoms with van der Waals surface area (Å²) in [6, 6.07) is 19.4. The van der Waals surface area contributed by atoms with E-state index >= 15 is 0 Å². The third-order valence-electron chi connectivity index (χ3n) is 6.87. The van der Waals surface area contributed by atoms with Crippen molar-refractivity contribution in [1.82, 2.24) is 14.8 Å². The molecule has 4 aromatic rings.